The van der Waals surface area contributed by atoms with Gasteiger partial charge in [0, 0.05) is 0 Å². The molecule has 3 nitrogen and oxygen atoms in total. The fourth-order valence-corrected chi connectivity index (χ4v) is 2.16. The molecule has 3 heteroatoms. The highest BCUT2D eigenvalue weighted by molar-refractivity contribution is 5.78. The fraction of sp³-hybridized carbons (Fsp3) is 0.900. The quantitative estimate of drug-likeness (QED) is 0.618. The van der Waals surface area contributed by atoms with E-state index < -0.39 is 0 Å². The highest BCUT2D eigenvalue weighted by Crippen LogP contribution is 2.32. The summed E-state index contributed by atoms with van der Waals surface area (Å²) in [6.45, 7) is 10.6. The van der Waals surface area contributed by atoms with Gasteiger partial charge in [-0.05, 0) is 19.3 Å². The molecule has 1 aliphatic heterocycles. The van der Waals surface area contributed by atoms with Crippen LogP contribution in [0.15, 0.2) is 0 Å². The first-order valence-corrected chi connectivity index (χ1v) is 4.66. The van der Waals surface area contributed by atoms with Crippen molar-refractivity contribution in [3.63, 3.8) is 0 Å². The molecular formula is C10H19NO2. The molecule has 76 valence electrons. The Balaban J connectivity index is 2.82. The van der Waals surface area contributed by atoms with Crippen LogP contribution in [0.3, 0.4) is 0 Å². The van der Waals surface area contributed by atoms with Gasteiger partial charge in [0.05, 0.1) is 11.6 Å². The topological polar surface area (TPSA) is 38.3 Å². The lowest BCUT2D eigenvalue weighted by atomic mass is 9.77. The van der Waals surface area contributed by atoms with E-state index in [0.29, 0.717) is 0 Å². The van der Waals surface area contributed by atoms with Crippen molar-refractivity contribution in [2.75, 3.05) is 6.61 Å². The van der Waals surface area contributed by atoms with Gasteiger partial charge in [-0.25, -0.2) is 0 Å². The Morgan fingerprint density at radius 3 is 2.38 bits per heavy atom. The van der Waals surface area contributed by atoms with Crippen LogP contribution in [0.5, 0.6) is 0 Å². The minimum Gasteiger partial charge on any atom is -0.365 e. The van der Waals surface area contributed by atoms with Crippen LogP contribution in [0.4, 0.5) is 0 Å². The lowest BCUT2D eigenvalue weighted by Gasteiger charge is -2.45. The Labute approximate surface area is 79.8 Å². The van der Waals surface area contributed by atoms with E-state index in [9.17, 15) is 4.79 Å². The van der Waals surface area contributed by atoms with Crippen molar-refractivity contribution in [2.45, 2.75) is 46.3 Å². The predicted octanol–water partition coefficient (Wildman–Crippen LogP) is 1.33. The Hall–Kier alpha value is -0.570. The van der Waals surface area contributed by atoms with Crippen LogP contribution >= 0.6 is 0 Å². The van der Waals surface area contributed by atoms with Crippen molar-refractivity contribution in [3.8, 4) is 0 Å². The number of hydrogen-bond donors (Lipinski definition) is 1. The Bertz CT molecular complexity index is 215. The minimum atomic E-state index is -0.270. The first-order chi connectivity index (χ1) is 5.73. The smallest absolute Gasteiger partial charge is 0.246 e. The minimum absolute atomic E-state index is 0.0227. The van der Waals surface area contributed by atoms with Gasteiger partial charge >= 0.3 is 0 Å². The second kappa shape index (κ2) is 2.98. The maximum atomic E-state index is 11.1. The van der Waals surface area contributed by atoms with E-state index >= 15 is 0 Å². The molecule has 1 fully saturated rings. The number of hydrogen-bond acceptors (Lipinski definition) is 2. The molecule has 1 heterocycles. The number of rotatable bonds is 0. The molecule has 1 N–H and O–H groups in total. The van der Waals surface area contributed by atoms with E-state index in [0.717, 1.165) is 0 Å². The summed E-state index contributed by atoms with van der Waals surface area (Å²) in [7, 11) is 0. The number of ether oxygens (including phenoxy) is 1. The number of morpholine rings is 1. The van der Waals surface area contributed by atoms with Crippen molar-refractivity contribution in [2.24, 2.45) is 5.41 Å². The van der Waals surface area contributed by atoms with Crippen LogP contribution in [-0.2, 0) is 9.53 Å². The first kappa shape index (κ1) is 10.5. The Morgan fingerprint density at radius 2 is 2.00 bits per heavy atom. The Morgan fingerprint density at radius 1 is 1.46 bits per heavy atom. The second-order valence-electron chi connectivity index (χ2n) is 5.33. The molecule has 0 radical (unpaired) electrons. The predicted molar refractivity (Wildman–Crippen MR) is 51.4 cm³/mol. The van der Waals surface area contributed by atoms with Crippen molar-refractivity contribution in [3.05, 3.63) is 0 Å². The van der Waals surface area contributed by atoms with Crippen molar-refractivity contribution in [1.82, 2.24) is 5.32 Å². The highest BCUT2D eigenvalue weighted by Gasteiger charge is 2.43. The van der Waals surface area contributed by atoms with Gasteiger partial charge in [0.25, 0.3) is 0 Å². The highest BCUT2D eigenvalue weighted by atomic mass is 16.5. The average Bonchev–Trinajstić information content (AvgIpc) is 1.79. The van der Waals surface area contributed by atoms with Gasteiger partial charge in [-0.2, -0.15) is 0 Å². The molecule has 0 aromatic heterocycles. The number of carbonyl (C=O) groups is 1. The van der Waals surface area contributed by atoms with Crippen molar-refractivity contribution < 1.29 is 9.53 Å². The lowest BCUT2D eigenvalue weighted by molar-refractivity contribution is -0.151. The average molecular weight is 185 g/mol. The van der Waals surface area contributed by atoms with Gasteiger partial charge in [0.2, 0.25) is 5.91 Å². The third-order valence-electron chi connectivity index (χ3n) is 2.28. The monoisotopic (exact) mass is 185 g/mol. The summed E-state index contributed by atoms with van der Waals surface area (Å²) < 4.78 is 5.56. The van der Waals surface area contributed by atoms with E-state index in [1.165, 1.54) is 0 Å². The normalized spacial score (nSPS) is 28.4. The standard InChI is InChI=1S/C10H19NO2/c1-9(2,3)8-10(4,5)11-7(12)6-13-8/h8H,6H2,1-5H3,(H,11,12). The summed E-state index contributed by atoms with van der Waals surface area (Å²) in [4.78, 5) is 11.1. The zero-order valence-corrected chi connectivity index (χ0v) is 9.10. The Kier molecular flexibility index (Phi) is 2.41. The lowest BCUT2D eigenvalue weighted by Crippen LogP contribution is -2.62. The zero-order valence-electron chi connectivity index (χ0n) is 9.10. The molecule has 1 unspecified atom stereocenters. The van der Waals surface area contributed by atoms with E-state index in [2.05, 4.69) is 26.1 Å². The first-order valence-electron chi connectivity index (χ1n) is 4.66. The number of nitrogens with one attached hydrogen (secondary N) is 1. The zero-order chi connectivity index (χ0) is 10.3. The second-order valence-corrected chi connectivity index (χ2v) is 5.33. The van der Waals surface area contributed by atoms with E-state index in [4.69, 9.17) is 4.74 Å². The molecule has 13 heavy (non-hydrogen) atoms. The molecule has 0 spiro atoms. The molecule has 0 aromatic carbocycles. The summed E-state index contributed by atoms with van der Waals surface area (Å²) in [5, 5.41) is 2.95. The van der Waals surface area contributed by atoms with Crippen LogP contribution in [0.1, 0.15) is 34.6 Å². The number of amides is 1. The molecule has 1 atom stereocenters. The third kappa shape index (κ3) is 2.21. The van der Waals surface area contributed by atoms with E-state index in [1.54, 1.807) is 0 Å². The van der Waals surface area contributed by atoms with Gasteiger partial charge in [0.1, 0.15) is 6.61 Å². The van der Waals surface area contributed by atoms with Crippen molar-refractivity contribution in [1.29, 1.82) is 0 Å². The van der Waals surface area contributed by atoms with Gasteiger partial charge in [-0.3, -0.25) is 4.79 Å². The van der Waals surface area contributed by atoms with Crippen LogP contribution in [0.2, 0.25) is 0 Å². The van der Waals surface area contributed by atoms with Crippen molar-refractivity contribution >= 4 is 5.91 Å². The van der Waals surface area contributed by atoms with E-state index in [1.807, 2.05) is 13.8 Å². The molecular weight excluding hydrogens is 166 g/mol. The van der Waals surface area contributed by atoms with Gasteiger partial charge in [-0.15, -0.1) is 0 Å². The SMILES string of the molecule is CC(C)(C)C1OCC(=O)NC1(C)C. The molecule has 1 amide bonds. The molecule has 1 rings (SSSR count). The van der Waals surface area contributed by atoms with Crippen LogP contribution in [-0.4, -0.2) is 24.2 Å². The summed E-state index contributed by atoms with van der Waals surface area (Å²) in [5.74, 6) is -0.0227. The molecule has 1 aliphatic rings. The summed E-state index contributed by atoms with van der Waals surface area (Å²) in [5.41, 5.74) is -0.217. The maximum Gasteiger partial charge on any atom is 0.246 e. The molecule has 1 saturated heterocycles. The summed E-state index contributed by atoms with van der Waals surface area (Å²) in [6.07, 6.45) is 0.0673. The summed E-state index contributed by atoms with van der Waals surface area (Å²) >= 11 is 0. The number of carbonyl (C=O) groups excluding carboxylic acids is 1. The molecule has 0 aromatic rings. The summed E-state index contributed by atoms with van der Waals surface area (Å²) in [6, 6.07) is 0. The van der Waals surface area contributed by atoms with Crippen LogP contribution in [0, 0.1) is 5.41 Å². The van der Waals surface area contributed by atoms with Gasteiger partial charge in [-0.1, -0.05) is 20.8 Å². The maximum absolute atomic E-state index is 11.1. The fourth-order valence-electron chi connectivity index (χ4n) is 2.16. The molecule has 0 aliphatic carbocycles. The molecule has 0 saturated carbocycles. The van der Waals surface area contributed by atoms with Gasteiger partial charge < -0.3 is 10.1 Å². The largest absolute Gasteiger partial charge is 0.365 e. The van der Waals surface area contributed by atoms with E-state index in [-0.39, 0.29) is 29.6 Å². The third-order valence-corrected chi connectivity index (χ3v) is 2.28. The van der Waals surface area contributed by atoms with Crippen LogP contribution < -0.4 is 5.32 Å². The van der Waals surface area contributed by atoms with Gasteiger partial charge in [0.15, 0.2) is 0 Å². The van der Waals surface area contributed by atoms with Crippen LogP contribution in [0.25, 0.3) is 0 Å². The molecule has 0 bridgehead atoms.